The normalized spacial score (nSPS) is 11.8. The van der Waals surface area contributed by atoms with Crippen molar-refractivity contribution in [2.24, 2.45) is 28.7 Å². The number of nitrogens with two attached hydrogens (primary N) is 5. The molecule has 538 valence electrons. The minimum absolute atomic E-state index is 0.0171. The zero-order valence-electron chi connectivity index (χ0n) is 56.2. The van der Waals surface area contributed by atoms with Gasteiger partial charge in [-0.1, -0.05) is 6.42 Å². The monoisotopic (exact) mass is 1380 g/mol. The van der Waals surface area contributed by atoms with Gasteiger partial charge in [0, 0.05) is 61.9 Å². The molecule has 0 radical (unpaired) electrons. The lowest BCUT2D eigenvalue weighted by Gasteiger charge is -2.22. The number of hydrogen-bond donors (Lipinski definition) is 22. The van der Waals surface area contributed by atoms with E-state index in [2.05, 4.69) is 69.1 Å². The Morgan fingerprint density at radius 2 is 0.667 bits per heavy atom. The summed E-state index contributed by atoms with van der Waals surface area (Å²) in [5.74, 6) is -6.87. The first-order chi connectivity index (χ1) is 47.3. The van der Waals surface area contributed by atoms with E-state index in [0.717, 1.165) is 12.8 Å². The average Bonchev–Trinajstić information content (AvgIpc) is 0.851. The van der Waals surface area contributed by atoms with Crippen LogP contribution in [0.1, 0.15) is 125 Å². The highest BCUT2D eigenvalue weighted by Crippen LogP contribution is 2.28. The number of benzene rings is 4. The van der Waals surface area contributed by atoms with E-state index in [1.165, 1.54) is 108 Å². The molecule has 0 fully saturated rings. The van der Waals surface area contributed by atoms with E-state index in [4.69, 9.17) is 69.3 Å². The third-order valence-corrected chi connectivity index (χ3v) is 14.8. The second-order valence-corrected chi connectivity index (χ2v) is 22.3. The van der Waals surface area contributed by atoms with Crippen molar-refractivity contribution in [3.05, 3.63) is 95.1 Å². The van der Waals surface area contributed by atoms with Gasteiger partial charge in [0.25, 0.3) is 23.6 Å². The summed E-state index contributed by atoms with van der Waals surface area (Å²) in [6.07, 6.45) is 4.03. The molecular formula is C64H94N22O13. The molecule has 35 nitrogen and oxygen atoms in total. The topological polar surface area (TPSA) is 572 Å². The predicted octanol–water partition coefficient (Wildman–Crippen LogP) is 0.677. The quantitative estimate of drug-likeness (QED) is 0.0165. The highest BCUT2D eigenvalue weighted by molar-refractivity contribution is 6.08. The number of guanidine groups is 4. The molecule has 9 amide bonds. The summed E-state index contributed by atoms with van der Waals surface area (Å²) in [6, 6.07) is 12.1. The van der Waals surface area contributed by atoms with Crippen LogP contribution in [0.5, 0.6) is 23.0 Å². The Hall–Kier alpha value is -11.7. The summed E-state index contributed by atoms with van der Waals surface area (Å²) < 4.78 is 22.0. The van der Waals surface area contributed by atoms with Crippen molar-refractivity contribution in [3.8, 4) is 23.0 Å². The Morgan fingerprint density at radius 1 is 0.374 bits per heavy atom. The molecule has 0 aliphatic rings. The van der Waals surface area contributed by atoms with E-state index >= 15 is 0 Å². The lowest BCUT2D eigenvalue weighted by molar-refractivity contribution is -0.126. The molecule has 4 rings (SSSR count). The first-order valence-corrected chi connectivity index (χ1v) is 31.8. The Bertz CT molecular complexity index is 3500. The molecule has 27 N–H and O–H groups in total. The van der Waals surface area contributed by atoms with Gasteiger partial charge in [0.1, 0.15) is 47.2 Å². The molecule has 99 heavy (non-hydrogen) atoms. The third-order valence-electron chi connectivity index (χ3n) is 14.8. The van der Waals surface area contributed by atoms with Crippen molar-refractivity contribution in [1.82, 2.24) is 47.9 Å². The van der Waals surface area contributed by atoms with Gasteiger partial charge in [-0.05, 0) is 150 Å². The van der Waals surface area contributed by atoms with Crippen LogP contribution in [0.25, 0.3) is 0 Å². The van der Waals surface area contributed by atoms with Gasteiger partial charge in [0.05, 0.1) is 50.7 Å². The van der Waals surface area contributed by atoms with Gasteiger partial charge in [-0.25, -0.2) is 0 Å². The van der Waals surface area contributed by atoms with Crippen molar-refractivity contribution in [2.45, 2.75) is 108 Å². The average molecular weight is 1380 g/mol. The molecule has 4 aromatic rings. The van der Waals surface area contributed by atoms with Gasteiger partial charge < -0.3 is 117 Å². The number of ether oxygens (including phenoxy) is 4. The van der Waals surface area contributed by atoms with Crippen LogP contribution in [0.15, 0.2) is 72.8 Å². The van der Waals surface area contributed by atoms with Gasteiger partial charge in [0.2, 0.25) is 29.5 Å². The summed E-state index contributed by atoms with van der Waals surface area (Å²) in [6.45, 7) is 3.20. The Labute approximate surface area is 573 Å². The van der Waals surface area contributed by atoms with Crippen molar-refractivity contribution in [2.75, 3.05) is 89.0 Å². The molecule has 0 aliphatic heterocycles. The maximum absolute atomic E-state index is 14.5. The summed E-state index contributed by atoms with van der Waals surface area (Å²) in [4.78, 5) is 125. The number of nitrogens with one attached hydrogen (secondary N) is 17. The van der Waals surface area contributed by atoms with Crippen LogP contribution in [0.2, 0.25) is 0 Å². The highest BCUT2D eigenvalue weighted by Gasteiger charge is 2.29. The van der Waals surface area contributed by atoms with Crippen LogP contribution < -0.4 is 117 Å². The molecule has 0 heterocycles. The number of unbranched alkanes of at least 4 members (excludes halogenated alkanes) is 3. The minimum atomic E-state index is -1.34. The molecular weight excluding hydrogens is 1280 g/mol. The van der Waals surface area contributed by atoms with E-state index in [1.54, 1.807) is 0 Å². The molecule has 0 saturated heterocycles. The summed E-state index contributed by atoms with van der Waals surface area (Å²) >= 11 is 0. The Kier molecular flexibility index (Phi) is 33.9. The summed E-state index contributed by atoms with van der Waals surface area (Å²) in [5.41, 5.74) is 27.7. The molecule has 35 heteroatoms. The van der Waals surface area contributed by atoms with E-state index in [-0.39, 0.29) is 162 Å². The van der Waals surface area contributed by atoms with Crippen LogP contribution in [0.4, 0.5) is 22.7 Å². The fourth-order valence-corrected chi connectivity index (χ4v) is 9.65. The molecule has 0 spiro atoms. The fourth-order valence-electron chi connectivity index (χ4n) is 9.65. The third kappa shape index (κ3) is 27.9. The highest BCUT2D eigenvalue weighted by atomic mass is 16.5. The van der Waals surface area contributed by atoms with Gasteiger partial charge in [-0.15, -0.1) is 0 Å². The minimum Gasteiger partial charge on any atom is -0.496 e. The summed E-state index contributed by atoms with van der Waals surface area (Å²) in [7, 11) is 5.32. The number of hydrogen-bond acceptors (Lipinski definition) is 18. The van der Waals surface area contributed by atoms with Crippen molar-refractivity contribution in [3.63, 3.8) is 0 Å². The Balaban J connectivity index is 1.58. The summed E-state index contributed by atoms with van der Waals surface area (Å²) in [5, 5.41) is 65.2. The smallest absolute Gasteiger partial charge is 0.255 e. The lowest BCUT2D eigenvalue weighted by atomic mass is 10.1. The van der Waals surface area contributed by atoms with Crippen LogP contribution in [0, 0.1) is 21.6 Å². The van der Waals surface area contributed by atoms with Crippen LogP contribution >= 0.6 is 0 Å². The Morgan fingerprint density at radius 3 is 0.980 bits per heavy atom. The number of rotatable bonds is 42. The zero-order valence-corrected chi connectivity index (χ0v) is 56.2. The van der Waals surface area contributed by atoms with Crippen molar-refractivity contribution < 1.29 is 62.1 Å². The van der Waals surface area contributed by atoms with Crippen LogP contribution in [0.3, 0.4) is 0 Å². The predicted molar refractivity (Wildman–Crippen MR) is 374 cm³/mol. The molecule has 0 saturated carbocycles. The van der Waals surface area contributed by atoms with Gasteiger partial charge in [-0.2, -0.15) is 0 Å². The number of methoxy groups -OCH3 is 4. The molecule has 4 atom stereocenters. The van der Waals surface area contributed by atoms with Crippen molar-refractivity contribution >= 4 is 99.8 Å². The van der Waals surface area contributed by atoms with E-state index in [1.807, 2.05) is 0 Å². The van der Waals surface area contributed by atoms with Gasteiger partial charge >= 0.3 is 0 Å². The lowest BCUT2D eigenvalue weighted by Crippen LogP contribution is -2.45. The molecule has 0 bridgehead atoms. The second-order valence-electron chi connectivity index (χ2n) is 22.3. The molecule has 0 unspecified atom stereocenters. The van der Waals surface area contributed by atoms with E-state index < -0.39 is 71.4 Å². The number of anilines is 4. The van der Waals surface area contributed by atoms with E-state index in [0.29, 0.717) is 38.9 Å². The maximum Gasteiger partial charge on any atom is 0.255 e. The molecule has 0 aromatic heterocycles. The first kappa shape index (κ1) is 79.8. The van der Waals surface area contributed by atoms with Gasteiger partial charge in [0.15, 0.2) is 23.8 Å². The number of amides is 9. The zero-order chi connectivity index (χ0) is 73.0. The van der Waals surface area contributed by atoms with E-state index in [9.17, 15) is 43.2 Å². The molecule has 0 aliphatic carbocycles. The number of carbonyl (C=O) groups excluding carboxylic acids is 9. The standard InChI is InChI=1S/C64H94N22O13/c1-36(79-52(87)17-7-10-28-75-61(66)67)53(88)80-37-18-23-49(97-3)42(33-37)55(90)84-46(15-12-30-77-63(70)71)59(94)82-39-20-25-51(99-5)44(35-39)57(92)86-47(16-13-31-78-64(72)73)60(95)83-40-21-24-50(98-4)43(34-40)56(91)85-45(14-11-29-76-62(68)69)58(93)81-38-19-22-48(96-2)41(32-38)54(89)74-27-9-6-8-26-65/h18-25,32-36,45-47H,6-17,26-31,65H2,1-5H3,(H,74,89)(H,79,87)(H,80,88)(H,81,93)(H,82,94)(H,83,95)(H,84,90)(H,85,91)(H,86,92)(H4,66,67,75)(H4,68,69,76)(H4,70,71,77)(H4,72,73,78)/t36-,45-,46-,47-/m1/s1. The van der Waals surface area contributed by atoms with Crippen molar-refractivity contribution in [1.29, 1.82) is 21.6 Å². The fraction of sp³-hybridized carbons (Fsp3) is 0.422. The molecule has 4 aromatic carbocycles. The largest absolute Gasteiger partial charge is 0.496 e. The SMILES string of the molecule is COc1ccc(NC(=O)[C@@H](CCCNC(=N)N)NC(=O)c2cc(NC(=O)[C@@H](CCCNC(=N)N)NC(=O)c3cc(NC(=O)[C@@H](CCCNC(=N)N)NC(=O)c4cc(NC(=O)[C@@H](C)NC(=O)CCCCNC(=N)N)ccc4OC)ccc3OC)ccc2OC)cc1C(=O)NCCCCCN. The maximum atomic E-state index is 14.5. The van der Waals surface area contributed by atoms with Crippen LogP contribution in [-0.2, 0) is 24.0 Å². The van der Waals surface area contributed by atoms with Gasteiger partial charge in [-0.3, -0.25) is 64.8 Å². The van der Waals surface area contributed by atoms with Crippen LogP contribution in [-0.4, -0.2) is 169 Å². The number of carbonyl (C=O) groups is 9. The first-order valence-electron chi connectivity index (χ1n) is 31.8. The second kappa shape index (κ2) is 42.0.